The van der Waals surface area contributed by atoms with Crippen LogP contribution in [0.5, 0.6) is 5.75 Å². The molecule has 0 bridgehead atoms. The summed E-state index contributed by atoms with van der Waals surface area (Å²) in [5, 5.41) is 25.3. The van der Waals surface area contributed by atoms with Crippen molar-refractivity contribution in [1.82, 2.24) is 4.90 Å². The first-order valence-electron chi connectivity index (χ1n) is 12.1. The van der Waals surface area contributed by atoms with Crippen LogP contribution in [0.1, 0.15) is 28.1 Å². The minimum absolute atomic E-state index is 0.0255. The molecule has 200 valence electrons. The van der Waals surface area contributed by atoms with E-state index in [1.807, 2.05) is 36.4 Å². The van der Waals surface area contributed by atoms with Gasteiger partial charge in [0.15, 0.2) is 11.5 Å². The molecule has 1 aromatic heterocycles. The molecule has 0 spiro atoms. The highest BCUT2D eigenvalue weighted by atomic mass is 35.5. The number of aromatic carboxylic acids is 1. The number of nitrogens with one attached hydrogen (secondary N) is 2. The average Bonchev–Trinajstić information content (AvgIpc) is 3.24. The summed E-state index contributed by atoms with van der Waals surface area (Å²) < 4.78 is 5.29. The highest BCUT2D eigenvalue weighted by Gasteiger charge is 2.25. The predicted octanol–water partition coefficient (Wildman–Crippen LogP) is 5.89. The lowest BCUT2D eigenvalue weighted by Crippen LogP contribution is -2.42. The SMILES string of the molecule is Cc1c(-c2cccc(NCC3CCN(C(=O)Nc4ccccc4Cl)CC3)c2)sc(C(=O)O)c1OCC(=O)O. The number of piperidine rings is 1. The molecule has 0 saturated carbocycles. The molecule has 2 heterocycles. The van der Waals surface area contributed by atoms with Crippen molar-refractivity contribution in [3.63, 3.8) is 0 Å². The number of carbonyl (C=O) groups excluding carboxylic acids is 1. The number of carboxylic acid groups (broad SMARTS) is 2. The van der Waals surface area contributed by atoms with Gasteiger partial charge < -0.3 is 30.5 Å². The maximum absolute atomic E-state index is 12.6. The number of halogens is 1. The predicted molar refractivity (Wildman–Crippen MR) is 148 cm³/mol. The molecule has 1 saturated heterocycles. The van der Waals surface area contributed by atoms with Gasteiger partial charge in [-0.25, -0.2) is 14.4 Å². The van der Waals surface area contributed by atoms with Gasteiger partial charge in [0, 0.05) is 35.8 Å². The van der Waals surface area contributed by atoms with Crippen molar-refractivity contribution in [2.45, 2.75) is 19.8 Å². The number of amides is 2. The largest absolute Gasteiger partial charge is 0.480 e. The second-order valence-electron chi connectivity index (χ2n) is 9.00. The number of ether oxygens (including phenoxy) is 1. The van der Waals surface area contributed by atoms with E-state index in [9.17, 15) is 19.5 Å². The lowest BCUT2D eigenvalue weighted by atomic mass is 9.97. The summed E-state index contributed by atoms with van der Waals surface area (Å²) >= 11 is 7.20. The van der Waals surface area contributed by atoms with Gasteiger partial charge in [0.1, 0.15) is 5.75 Å². The van der Waals surface area contributed by atoms with Crippen LogP contribution in [0.4, 0.5) is 16.2 Å². The van der Waals surface area contributed by atoms with Crippen LogP contribution in [-0.4, -0.2) is 59.3 Å². The second-order valence-corrected chi connectivity index (χ2v) is 10.4. The van der Waals surface area contributed by atoms with Crippen molar-refractivity contribution in [3.05, 3.63) is 64.0 Å². The summed E-state index contributed by atoms with van der Waals surface area (Å²) in [7, 11) is 0. The lowest BCUT2D eigenvalue weighted by molar-refractivity contribution is -0.139. The summed E-state index contributed by atoms with van der Waals surface area (Å²) in [4.78, 5) is 37.7. The maximum Gasteiger partial charge on any atom is 0.349 e. The van der Waals surface area contributed by atoms with Crippen molar-refractivity contribution in [2.75, 3.05) is 36.9 Å². The molecule has 2 amide bonds. The first kappa shape index (κ1) is 27.3. The Morgan fingerprint density at radius 2 is 1.84 bits per heavy atom. The van der Waals surface area contributed by atoms with Gasteiger partial charge in [-0.2, -0.15) is 0 Å². The number of nitrogens with zero attached hydrogens (tertiary/aromatic N) is 1. The Labute approximate surface area is 229 Å². The molecular formula is C27H28ClN3O6S. The van der Waals surface area contributed by atoms with E-state index in [2.05, 4.69) is 10.6 Å². The van der Waals surface area contributed by atoms with Crippen LogP contribution in [0.25, 0.3) is 10.4 Å². The number of thiophene rings is 1. The smallest absolute Gasteiger partial charge is 0.349 e. The first-order valence-corrected chi connectivity index (χ1v) is 13.3. The number of hydrogen-bond donors (Lipinski definition) is 4. The molecule has 3 aromatic rings. The van der Waals surface area contributed by atoms with E-state index in [1.165, 1.54) is 0 Å². The Kier molecular flexibility index (Phi) is 8.75. The molecule has 0 unspecified atom stereocenters. The molecule has 0 aliphatic carbocycles. The van der Waals surface area contributed by atoms with Crippen LogP contribution in [0.3, 0.4) is 0 Å². The second kappa shape index (κ2) is 12.2. The number of hydrogen-bond acceptors (Lipinski definition) is 6. The number of aliphatic carboxylic acids is 1. The van der Waals surface area contributed by atoms with Gasteiger partial charge in [0.25, 0.3) is 0 Å². The molecule has 11 heteroatoms. The summed E-state index contributed by atoms with van der Waals surface area (Å²) in [5.41, 5.74) is 2.89. The number of likely N-dealkylation sites (tertiary alicyclic amines) is 1. The third-order valence-corrected chi connectivity index (χ3v) is 8.00. The Morgan fingerprint density at radius 1 is 1.11 bits per heavy atom. The number of para-hydroxylation sites is 1. The molecule has 38 heavy (non-hydrogen) atoms. The van der Waals surface area contributed by atoms with E-state index in [-0.39, 0.29) is 16.7 Å². The third-order valence-electron chi connectivity index (χ3n) is 6.36. The zero-order chi connectivity index (χ0) is 27.2. The Hall–Kier alpha value is -3.76. The molecule has 4 N–H and O–H groups in total. The fourth-order valence-corrected chi connectivity index (χ4v) is 5.62. The fourth-order valence-electron chi connectivity index (χ4n) is 4.35. The van der Waals surface area contributed by atoms with Crippen LogP contribution >= 0.6 is 22.9 Å². The molecular weight excluding hydrogens is 530 g/mol. The van der Waals surface area contributed by atoms with Gasteiger partial charge in [-0.3, -0.25) is 0 Å². The topological polar surface area (TPSA) is 128 Å². The Balaban J connectivity index is 1.35. The molecule has 1 aliphatic rings. The number of rotatable bonds is 9. The van der Waals surface area contributed by atoms with Crippen molar-refractivity contribution >= 4 is 52.3 Å². The normalized spacial score (nSPS) is 13.7. The van der Waals surface area contributed by atoms with Gasteiger partial charge in [-0.1, -0.05) is 35.9 Å². The molecule has 1 aliphatic heterocycles. The summed E-state index contributed by atoms with van der Waals surface area (Å²) in [6.45, 7) is 3.15. The van der Waals surface area contributed by atoms with E-state index in [4.69, 9.17) is 21.4 Å². The van der Waals surface area contributed by atoms with Gasteiger partial charge in [0.2, 0.25) is 0 Å². The third kappa shape index (κ3) is 6.56. The average molecular weight is 558 g/mol. The number of urea groups is 1. The lowest BCUT2D eigenvalue weighted by Gasteiger charge is -2.32. The van der Waals surface area contributed by atoms with Crippen LogP contribution in [0.15, 0.2) is 48.5 Å². The zero-order valence-corrected chi connectivity index (χ0v) is 22.3. The Morgan fingerprint density at radius 3 is 2.53 bits per heavy atom. The fraction of sp³-hybridized carbons (Fsp3) is 0.296. The summed E-state index contributed by atoms with van der Waals surface area (Å²) in [5.74, 6) is -1.86. The van der Waals surface area contributed by atoms with Crippen molar-refractivity contribution in [1.29, 1.82) is 0 Å². The molecule has 0 radical (unpaired) electrons. The Bertz CT molecular complexity index is 1340. The van der Waals surface area contributed by atoms with Crippen molar-refractivity contribution < 1.29 is 29.3 Å². The van der Waals surface area contributed by atoms with Crippen LogP contribution in [-0.2, 0) is 4.79 Å². The number of carbonyl (C=O) groups is 3. The summed E-state index contributed by atoms with van der Waals surface area (Å²) in [6.07, 6.45) is 1.72. The molecule has 1 fully saturated rings. The van der Waals surface area contributed by atoms with Crippen molar-refractivity contribution in [3.8, 4) is 16.2 Å². The van der Waals surface area contributed by atoms with E-state index in [1.54, 1.807) is 24.0 Å². The molecule has 4 rings (SSSR count). The first-order chi connectivity index (χ1) is 18.2. The molecule has 0 atom stereocenters. The van der Waals surface area contributed by atoms with Crippen LogP contribution in [0, 0.1) is 12.8 Å². The minimum atomic E-state index is -1.17. The summed E-state index contributed by atoms with van der Waals surface area (Å²) in [6, 6.07) is 14.6. The molecule has 2 aromatic carbocycles. The van der Waals surface area contributed by atoms with E-state index in [0.29, 0.717) is 40.2 Å². The maximum atomic E-state index is 12.6. The highest BCUT2D eigenvalue weighted by molar-refractivity contribution is 7.18. The molecule has 9 nitrogen and oxygen atoms in total. The van der Waals surface area contributed by atoms with Gasteiger partial charge in [-0.15, -0.1) is 11.3 Å². The van der Waals surface area contributed by atoms with E-state index < -0.39 is 18.5 Å². The van der Waals surface area contributed by atoms with E-state index in [0.717, 1.165) is 42.0 Å². The van der Waals surface area contributed by atoms with E-state index >= 15 is 0 Å². The van der Waals surface area contributed by atoms with Crippen molar-refractivity contribution in [2.24, 2.45) is 5.92 Å². The highest BCUT2D eigenvalue weighted by Crippen LogP contribution is 2.42. The number of carboxylic acids is 2. The minimum Gasteiger partial charge on any atom is -0.480 e. The van der Waals surface area contributed by atoms with Gasteiger partial charge in [-0.05, 0) is 55.5 Å². The monoisotopic (exact) mass is 557 g/mol. The quantitative estimate of drug-likeness (QED) is 0.258. The number of anilines is 2. The van der Waals surface area contributed by atoms with Gasteiger partial charge >= 0.3 is 18.0 Å². The zero-order valence-electron chi connectivity index (χ0n) is 20.7. The van der Waals surface area contributed by atoms with Gasteiger partial charge in [0.05, 0.1) is 10.7 Å². The number of benzene rings is 2. The standard InChI is InChI=1S/C27H28ClN3O6S/c1-16-23(37-15-22(32)33)25(26(34)35)38-24(16)18-5-4-6-19(13-18)29-14-17-9-11-31(12-10-17)27(36)30-21-8-3-2-7-20(21)28/h2-8,13,17,29H,9-12,14-15H2,1H3,(H,30,36)(H,32,33)(H,34,35). The van der Waals surface area contributed by atoms with Crippen LogP contribution in [0.2, 0.25) is 5.02 Å². The van der Waals surface area contributed by atoms with Crippen LogP contribution < -0.4 is 15.4 Å².